The smallest absolute Gasteiger partial charge is 0.261 e. The first-order chi connectivity index (χ1) is 7.63. The highest BCUT2D eigenvalue weighted by molar-refractivity contribution is 7.09. The molecule has 0 aromatic carbocycles. The molecule has 1 aromatic heterocycles. The monoisotopic (exact) mass is 269 g/mol. The third-order valence-electron chi connectivity index (χ3n) is 1.66. The molecule has 1 rings (SSSR count). The van der Waals surface area contributed by atoms with E-state index in [-0.39, 0.29) is 18.3 Å². The Hall–Kier alpha value is -0.590. The molecule has 0 radical (unpaired) electrons. The van der Waals surface area contributed by atoms with Crippen molar-refractivity contribution in [1.82, 2.24) is 4.98 Å². The van der Waals surface area contributed by atoms with E-state index < -0.39 is 13.0 Å². The van der Waals surface area contributed by atoms with Gasteiger partial charge in [0.2, 0.25) is 0 Å². The van der Waals surface area contributed by atoms with Crippen LogP contribution in [0, 0.1) is 0 Å². The van der Waals surface area contributed by atoms with Gasteiger partial charge in [0.25, 0.3) is 6.43 Å². The van der Waals surface area contributed by atoms with Crippen LogP contribution in [0.1, 0.15) is 15.5 Å². The summed E-state index contributed by atoms with van der Waals surface area (Å²) in [7, 11) is 0. The van der Waals surface area contributed by atoms with Crippen molar-refractivity contribution in [1.29, 1.82) is 0 Å². The van der Waals surface area contributed by atoms with E-state index in [1.807, 2.05) is 0 Å². The first-order valence-electron chi connectivity index (χ1n) is 4.53. The number of rotatable bonds is 7. The number of alkyl halides is 3. The summed E-state index contributed by atoms with van der Waals surface area (Å²) in [6.45, 7) is -0.398. The van der Waals surface area contributed by atoms with Crippen LogP contribution in [0.5, 0.6) is 0 Å². The second-order valence-electron chi connectivity index (χ2n) is 2.90. The molecule has 0 atom stereocenters. The topological polar surface area (TPSA) is 39.2 Å². The van der Waals surface area contributed by atoms with Gasteiger partial charge in [-0.05, 0) is 0 Å². The van der Waals surface area contributed by atoms with Crippen LogP contribution in [0.15, 0.2) is 5.38 Å². The number of hydrogen-bond donors (Lipinski definition) is 0. The van der Waals surface area contributed by atoms with E-state index in [1.165, 1.54) is 11.3 Å². The SMILES string of the molecule is O=C(CCl)c1csc(CCOCC(F)F)n1. The Labute approximate surface area is 100 Å². The zero-order valence-electron chi connectivity index (χ0n) is 8.29. The van der Waals surface area contributed by atoms with Crippen LogP contribution in [-0.4, -0.2) is 36.3 Å². The zero-order valence-corrected chi connectivity index (χ0v) is 9.86. The van der Waals surface area contributed by atoms with Gasteiger partial charge in [0, 0.05) is 11.8 Å². The molecule has 0 aliphatic rings. The molecule has 0 spiro atoms. The van der Waals surface area contributed by atoms with Gasteiger partial charge in [-0.1, -0.05) is 0 Å². The summed E-state index contributed by atoms with van der Waals surface area (Å²) in [5, 5.41) is 2.29. The lowest BCUT2D eigenvalue weighted by Gasteiger charge is -2.00. The van der Waals surface area contributed by atoms with Gasteiger partial charge in [-0.2, -0.15) is 0 Å². The molecule has 0 bridgehead atoms. The summed E-state index contributed by atoms with van der Waals surface area (Å²) in [6.07, 6.45) is -2.03. The lowest BCUT2D eigenvalue weighted by molar-refractivity contribution is 0.0187. The van der Waals surface area contributed by atoms with E-state index in [9.17, 15) is 13.6 Å². The summed E-state index contributed by atoms with van der Waals surface area (Å²) in [5.41, 5.74) is 0.323. The number of ether oxygens (including phenoxy) is 1. The summed E-state index contributed by atoms with van der Waals surface area (Å²) >= 11 is 6.66. The number of carbonyl (C=O) groups excluding carboxylic acids is 1. The molecule has 0 saturated carbocycles. The van der Waals surface area contributed by atoms with Gasteiger partial charge in [0.1, 0.15) is 12.3 Å². The number of hydrogen-bond acceptors (Lipinski definition) is 4. The van der Waals surface area contributed by atoms with Gasteiger partial charge in [-0.25, -0.2) is 13.8 Å². The lowest BCUT2D eigenvalue weighted by Crippen LogP contribution is -2.07. The van der Waals surface area contributed by atoms with E-state index in [0.717, 1.165) is 0 Å². The molecule has 0 N–H and O–H groups in total. The Kier molecular flexibility index (Phi) is 5.79. The third-order valence-corrected chi connectivity index (χ3v) is 2.81. The fraction of sp³-hybridized carbons (Fsp3) is 0.556. The normalized spacial score (nSPS) is 11.0. The van der Waals surface area contributed by atoms with Crippen LogP contribution in [0.4, 0.5) is 8.78 Å². The summed E-state index contributed by atoms with van der Waals surface area (Å²) in [4.78, 5) is 15.1. The first kappa shape index (κ1) is 13.5. The van der Waals surface area contributed by atoms with Crippen LogP contribution >= 0.6 is 22.9 Å². The van der Waals surface area contributed by atoms with Crippen molar-refractivity contribution in [2.24, 2.45) is 0 Å². The van der Waals surface area contributed by atoms with Crippen LogP contribution in [-0.2, 0) is 11.2 Å². The average molecular weight is 270 g/mol. The maximum absolute atomic E-state index is 11.7. The van der Waals surface area contributed by atoms with Gasteiger partial charge in [-0.15, -0.1) is 22.9 Å². The quantitative estimate of drug-likeness (QED) is 0.433. The highest BCUT2D eigenvalue weighted by Gasteiger charge is 2.09. The number of nitrogens with zero attached hydrogens (tertiary/aromatic N) is 1. The highest BCUT2D eigenvalue weighted by atomic mass is 35.5. The lowest BCUT2D eigenvalue weighted by atomic mass is 10.3. The number of Topliss-reactive ketones (excluding diaryl/α,β-unsaturated/α-hetero) is 1. The van der Waals surface area contributed by atoms with Gasteiger partial charge in [0.05, 0.1) is 17.5 Å². The third kappa shape index (κ3) is 4.51. The maximum Gasteiger partial charge on any atom is 0.261 e. The first-order valence-corrected chi connectivity index (χ1v) is 5.94. The van der Waals surface area contributed by atoms with Gasteiger partial charge >= 0.3 is 0 Å². The minimum Gasteiger partial charge on any atom is -0.375 e. The summed E-state index contributed by atoms with van der Waals surface area (Å²) in [6, 6.07) is 0. The molecule has 0 unspecified atom stereocenters. The Bertz CT molecular complexity index is 346. The molecule has 1 heterocycles. The van der Waals surface area contributed by atoms with E-state index in [1.54, 1.807) is 5.38 Å². The van der Waals surface area contributed by atoms with E-state index in [2.05, 4.69) is 4.98 Å². The largest absolute Gasteiger partial charge is 0.375 e. The van der Waals surface area contributed by atoms with Crippen molar-refractivity contribution in [3.05, 3.63) is 16.1 Å². The Morgan fingerprint density at radius 1 is 1.62 bits per heavy atom. The van der Waals surface area contributed by atoms with Crippen molar-refractivity contribution in [2.75, 3.05) is 19.1 Å². The Balaban J connectivity index is 2.32. The number of halogens is 3. The van der Waals surface area contributed by atoms with Crippen LogP contribution < -0.4 is 0 Å². The van der Waals surface area contributed by atoms with Crippen molar-refractivity contribution in [3.63, 3.8) is 0 Å². The molecule has 0 aliphatic heterocycles. The second kappa shape index (κ2) is 6.88. The average Bonchev–Trinajstić information content (AvgIpc) is 2.71. The molecular weight excluding hydrogens is 260 g/mol. The Morgan fingerprint density at radius 2 is 2.38 bits per heavy atom. The molecule has 0 aliphatic carbocycles. The molecule has 16 heavy (non-hydrogen) atoms. The minimum absolute atomic E-state index is 0.106. The fourth-order valence-corrected chi connectivity index (χ4v) is 1.88. The molecule has 1 aromatic rings. The van der Waals surface area contributed by atoms with Crippen LogP contribution in [0.3, 0.4) is 0 Å². The van der Waals surface area contributed by atoms with Gasteiger partial charge in [-0.3, -0.25) is 4.79 Å². The molecule has 0 amide bonds. The number of ketones is 1. The molecule has 3 nitrogen and oxygen atoms in total. The summed E-state index contributed by atoms with van der Waals surface area (Å²) < 4.78 is 28.1. The number of thiazole rings is 1. The van der Waals surface area contributed by atoms with Crippen LogP contribution in [0.2, 0.25) is 0 Å². The predicted octanol–water partition coefficient (Wildman–Crippen LogP) is 2.39. The maximum atomic E-state index is 11.7. The van der Waals surface area contributed by atoms with Crippen LogP contribution in [0.25, 0.3) is 0 Å². The van der Waals surface area contributed by atoms with E-state index in [0.29, 0.717) is 17.1 Å². The molecule has 0 fully saturated rings. The molecular formula is C9H10ClF2NO2S. The predicted molar refractivity (Wildman–Crippen MR) is 57.7 cm³/mol. The van der Waals surface area contributed by atoms with Gasteiger partial charge in [0.15, 0.2) is 5.78 Å². The van der Waals surface area contributed by atoms with Gasteiger partial charge < -0.3 is 4.74 Å². The van der Waals surface area contributed by atoms with Crippen molar-refractivity contribution in [2.45, 2.75) is 12.8 Å². The molecule has 7 heteroatoms. The minimum atomic E-state index is -2.45. The Morgan fingerprint density at radius 3 is 3.00 bits per heavy atom. The van der Waals surface area contributed by atoms with E-state index >= 15 is 0 Å². The van der Waals surface area contributed by atoms with E-state index in [4.69, 9.17) is 16.3 Å². The molecule has 0 saturated heterocycles. The van der Waals surface area contributed by atoms with Crippen molar-refractivity contribution < 1.29 is 18.3 Å². The number of aromatic nitrogens is 1. The second-order valence-corrected chi connectivity index (χ2v) is 4.11. The zero-order chi connectivity index (χ0) is 12.0. The van der Waals surface area contributed by atoms with Crippen molar-refractivity contribution in [3.8, 4) is 0 Å². The van der Waals surface area contributed by atoms with Crippen molar-refractivity contribution >= 4 is 28.7 Å². The summed E-state index contributed by atoms with van der Waals surface area (Å²) in [5.74, 6) is -0.344. The standard InChI is InChI=1S/C9H10ClF2NO2S/c10-3-7(14)6-5-16-9(13-6)1-2-15-4-8(11)12/h5,8H,1-4H2. The highest BCUT2D eigenvalue weighted by Crippen LogP contribution is 2.11. The molecule has 90 valence electrons. The fourth-order valence-electron chi connectivity index (χ4n) is 0.954. The number of carbonyl (C=O) groups is 1.